The highest BCUT2D eigenvalue weighted by molar-refractivity contribution is 6.23. The molecule has 0 aliphatic heterocycles. The fourth-order valence-corrected chi connectivity index (χ4v) is 1.30. The molecule has 0 N–H and O–H groups in total. The van der Waals surface area contributed by atoms with Crippen LogP contribution in [0.15, 0.2) is 0 Å². The molecule has 0 radical (unpaired) electrons. The molecule has 0 aromatic heterocycles. The number of alkyl halides is 1. The largest absolute Gasteiger partial charge is 0.120 e. The van der Waals surface area contributed by atoms with Gasteiger partial charge >= 0.3 is 0 Å². The third-order valence-electron chi connectivity index (χ3n) is 2.58. The van der Waals surface area contributed by atoms with Crippen LogP contribution < -0.4 is 0 Å². The van der Waals surface area contributed by atoms with Crippen LogP contribution in [0.5, 0.6) is 0 Å². The van der Waals surface area contributed by atoms with Crippen LogP contribution in [0.2, 0.25) is 0 Å². The molecule has 0 aliphatic rings. The van der Waals surface area contributed by atoms with Crippen molar-refractivity contribution in [3.05, 3.63) is 0 Å². The first-order chi connectivity index (χ1) is 5.27. The quantitative estimate of drug-likeness (QED) is 0.556. The Balaban J connectivity index is 3.57. The van der Waals surface area contributed by atoms with Gasteiger partial charge in [-0.25, -0.2) is 0 Å². The monoisotopic (exact) mass is 190 g/mol. The molecular formula is C11H23Cl. The Hall–Kier alpha value is 0.290. The van der Waals surface area contributed by atoms with Gasteiger partial charge in [0.25, 0.3) is 0 Å². The standard InChI is InChI=1S/C11H23Cl/c1-6-10(2,3)8-7-9-11(4,5)12/h6-9H2,1-5H3. The van der Waals surface area contributed by atoms with Gasteiger partial charge in [-0.1, -0.05) is 33.6 Å². The summed E-state index contributed by atoms with van der Waals surface area (Å²) in [5, 5.41) is 0. The second-order valence-corrected chi connectivity index (χ2v) is 6.11. The van der Waals surface area contributed by atoms with E-state index in [0.29, 0.717) is 5.41 Å². The first-order valence-corrected chi connectivity index (χ1v) is 5.33. The molecule has 0 atom stereocenters. The maximum Gasteiger partial charge on any atom is 0.0390 e. The van der Waals surface area contributed by atoms with Gasteiger partial charge in [0.2, 0.25) is 0 Å². The molecule has 0 amide bonds. The van der Waals surface area contributed by atoms with E-state index in [-0.39, 0.29) is 4.87 Å². The fraction of sp³-hybridized carbons (Fsp3) is 1.00. The second-order valence-electron chi connectivity index (χ2n) is 5.09. The minimum atomic E-state index is -0.0101. The molecule has 0 bridgehead atoms. The van der Waals surface area contributed by atoms with Crippen molar-refractivity contribution < 1.29 is 0 Å². The smallest absolute Gasteiger partial charge is 0.0390 e. The number of hydrogen-bond donors (Lipinski definition) is 0. The van der Waals surface area contributed by atoms with Gasteiger partial charge in [-0.05, 0) is 32.1 Å². The van der Waals surface area contributed by atoms with Gasteiger partial charge in [0, 0.05) is 4.87 Å². The Kier molecular flexibility index (Phi) is 4.61. The molecule has 0 rings (SSSR count). The minimum Gasteiger partial charge on any atom is -0.120 e. The summed E-state index contributed by atoms with van der Waals surface area (Å²) >= 11 is 6.11. The zero-order chi connectivity index (χ0) is 9.83. The summed E-state index contributed by atoms with van der Waals surface area (Å²) in [7, 11) is 0. The van der Waals surface area contributed by atoms with Gasteiger partial charge in [0.1, 0.15) is 0 Å². The third-order valence-corrected chi connectivity index (χ3v) is 2.77. The van der Waals surface area contributed by atoms with Crippen LogP contribution in [-0.4, -0.2) is 4.87 Å². The molecule has 0 aromatic rings. The Bertz CT molecular complexity index is 119. The Morgan fingerprint density at radius 2 is 1.50 bits per heavy atom. The summed E-state index contributed by atoms with van der Waals surface area (Å²) in [6, 6.07) is 0. The summed E-state index contributed by atoms with van der Waals surface area (Å²) in [6.07, 6.45) is 4.92. The lowest BCUT2D eigenvalue weighted by molar-refractivity contribution is 0.304. The molecule has 0 saturated heterocycles. The Labute approximate surface area is 82.7 Å². The summed E-state index contributed by atoms with van der Waals surface area (Å²) in [5.74, 6) is 0. The predicted molar refractivity (Wildman–Crippen MR) is 57.9 cm³/mol. The SMILES string of the molecule is CCC(C)(C)CCCC(C)(C)Cl. The fourth-order valence-electron chi connectivity index (χ4n) is 1.16. The van der Waals surface area contributed by atoms with E-state index >= 15 is 0 Å². The van der Waals surface area contributed by atoms with Crippen molar-refractivity contribution in [2.75, 3.05) is 0 Å². The normalized spacial score (nSPS) is 13.5. The molecule has 0 fully saturated rings. The van der Waals surface area contributed by atoms with E-state index in [9.17, 15) is 0 Å². The Morgan fingerprint density at radius 1 is 1.00 bits per heavy atom. The zero-order valence-electron chi connectivity index (χ0n) is 9.21. The van der Waals surface area contributed by atoms with E-state index in [1.165, 1.54) is 19.3 Å². The maximum atomic E-state index is 6.11. The van der Waals surface area contributed by atoms with Crippen LogP contribution in [0.4, 0.5) is 0 Å². The molecule has 0 aliphatic carbocycles. The van der Waals surface area contributed by atoms with E-state index in [2.05, 4.69) is 34.6 Å². The predicted octanol–water partition coefficient (Wildman–Crippen LogP) is 4.61. The molecule has 0 unspecified atom stereocenters. The van der Waals surface area contributed by atoms with Crippen molar-refractivity contribution in [2.24, 2.45) is 5.41 Å². The molecule has 0 nitrogen and oxygen atoms in total. The molecule has 0 heterocycles. The van der Waals surface area contributed by atoms with Crippen molar-refractivity contribution in [1.29, 1.82) is 0 Å². The summed E-state index contributed by atoms with van der Waals surface area (Å²) < 4.78 is 0. The highest BCUT2D eigenvalue weighted by Gasteiger charge is 2.18. The second kappa shape index (κ2) is 4.50. The van der Waals surface area contributed by atoms with Crippen LogP contribution in [0.25, 0.3) is 0 Å². The zero-order valence-corrected chi connectivity index (χ0v) is 9.96. The lowest BCUT2D eigenvalue weighted by atomic mass is 9.84. The molecule has 0 spiro atoms. The first kappa shape index (κ1) is 12.3. The van der Waals surface area contributed by atoms with E-state index in [4.69, 9.17) is 11.6 Å². The van der Waals surface area contributed by atoms with Gasteiger partial charge in [0.15, 0.2) is 0 Å². The van der Waals surface area contributed by atoms with Crippen LogP contribution in [-0.2, 0) is 0 Å². The molecule has 0 aromatic carbocycles. The van der Waals surface area contributed by atoms with E-state index in [0.717, 1.165) is 6.42 Å². The van der Waals surface area contributed by atoms with Gasteiger partial charge in [-0.2, -0.15) is 0 Å². The van der Waals surface area contributed by atoms with Crippen LogP contribution >= 0.6 is 11.6 Å². The van der Waals surface area contributed by atoms with Gasteiger partial charge in [-0.3, -0.25) is 0 Å². The molecule has 12 heavy (non-hydrogen) atoms. The highest BCUT2D eigenvalue weighted by Crippen LogP contribution is 2.30. The number of hydrogen-bond acceptors (Lipinski definition) is 0. The average Bonchev–Trinajstić information content (AvgIpc) is 1.84. The van der Waals surface area contributed by atoms with Gasteiger partial charge < -0.3 is 0 Å². The van der Waals surface area contributed by atoms with Crippen LogP contribution in [0, 0.1) is 5.41 Å². The van der Waals surface area contributed by atoms with Crippen LogP contribution in [0.3, 0.4) is 0 Å². The first-order valence-electron chi connectivity index (χ1n) is 4.96. The van der Waals surface area contributed by atoms with Gasteiger partial charge in [-0.15, -0.1) is 11.6 Å². The van der Waals surface area contributed by atoms with Crippen LogP contribution in [0.1, 0.15) is 60.3 Å². The summed E-state index contributed by atoms with van der Waals surface area (Å²) in [5.41, 5.74) is 0.502. The molecule has 1 heteroatoms. The average molecular weight is 191 g/mol. The molecular weight excluding hydrogens is 168 g/mol. The third kappa shape index (κ3) is 6.97. The van der Waals surface area contributed by atoms with Crippen molar-refractivity contribution >= 4 is 11.6 Å². The summed E-state index contributed by atoms with van der Waals surface area (Å²) in [4.78, 5) is -0.0101. The van der Waals surface area contributed by atoms with Gasteiger partial charge in [0.05, 0.1) is 0 Å². The van der Waals surface area contributed by atoms with E-state index in [1.54, 1.807) is 0 Å². The molecule has 0 saturated carbocycles. The van der Waals surface area contributed by atoms with Crippen molar-refractivity contribution in [3.63, 3.8) is 0 Å². The maximum absolute atomic E-state index is 6.11. The van der Waals surface area contributed by atoms with Crippen molar-refractivity contribution in [3.8, 4) is 0 Å². The topological polar surface area (TPSA) is 0 Å². The van der Waals surface area contributed by atoms with E-state index < -0.39 is 0 Å². The minimum absolute atomic E-state index is 0.0101. The van der Waals surface area contributed by atoms with Crippen molar-refractivity contribution in [2.45, 2.75) is 65.2 Å². The number of halogens is 1. The summed E-state index contributed by atoms with van der Waals surface area (Å²) in [6.45, 7) is 11.1. The molecule has 74 valence electrons. The van der Waals surface area contributed by atoms with E-state index in [1.807, 2.05) is 0 Å². The number of rotatable bonds is 5. The Morgan fingerprint density at radius 3 is 1.83 bits per heavy atom. The lowest BCUT2D eigenvalue weighted by Crippen LogP contribution is -2.14. The lowest BCUT2D eigenvalue weighted by Gasteiger charge is -2.24. The van der Waals surface area contributed by atoms with Crippen molar-refractivity contribution in [1.82, 2.24) is 0 Å². The highest BCUT2D eigenvalue weighted by atomic mass is 35.5.